The van der Waals surface area contributed by atoms with Gasteiger partial charge in [-0.25, -0.2) is 0 Å². The first-order valence-electron chi connectivity index (χ1n) is 11.3. The Bertz CT molecular complexity index is 761. The van der Waals surface area contributed by atoms with Gasteiger partial charge in [0, 0.05) is 36.6 Å². The normalized spacial score (nSPS) is 35.0. The van der Waals surface area contributed by atoms with Crippen molar-refractivity contribution in [3.05, 3.63) is 21.9 Å². The maximum absolute atomic E-state index is 13.1. The minimum atomic E-state index is -0.121. The van der Waals surface area contributed by atoms with Gasteiger partial charge in [-0.2, -0.15) is 0 Å². The summed E-state index contributed by atoms with van der Waals surface area (Å²) in [5, 5.41) is 3.52. The number of rotatable bonds is 4. The van der Waals surface area contributed by atoms with Crippen molar-refractivity contribution in [2.75, 3.05) is 26.2 Å². The minimum absolute atomic E-state index is 0.0783. The Labute approximate surface area is 177 Å². The van der Waals surface area contributed by atoms with E-state index in [4.69, 9.17) is 0 Å². The molecule has 29 heavy (non-hydrogen) atoms. The number of aryl methyl sites for hydroxylation is 1. The van der Waals surface area contributed by atoms with Crippen LogP contribution in [-0.2, 0) is 4.79 Å². The van der Waals surface area contributed by atoms with E-state index >= 15 is 0 Å². The molecular formula is C23H33N3O2S. The fraction of sp³-hybridized carbons (Fsp3) is 0.739. The second kappa shape index (κ2) is 7.38. The van der Waals surface area contributed by atoms with Gasteiger partial charge in [-0.1, -0.05) is 0 Å². The maximum atomic E-state index is 13.1. The predicted octanol–water partition coefficient (Wildman–Crippen LogP) is 3.29. The fourth-order valence-corrected chi connectivity index (χ4v) is 7.65. The number of amides is 2. The molecule has 158 valence electrons. The summed E-state index contributed by atoms with van der Waals surface area (Å²) in [5.41, 5.74) is 0.0783. The predicted molar refractivity (Wildman–Crippen MR) is 115 cm³/mol. The first kappa shape index (κ1) is 19.6. The van der Waals surface area contributed by atoms with Crippen LogP contribution in [0.15, 0.2) is 12.1 Å². The standard InChI is InChI=1S/C23H33N3O2S/c1-15-3-4-20(29-15)22(28)26-7-5-25(6-8-26)16(2)21(27)24-23-12-17-9-18(13-23)11-19(10-17)14-23/h3-4,16-19H,5-14H2,1-2H3,(H,24,27). The molecule has 6 heteroatoms. The number of hydrogen-bond donors (Lipinski definition) is 1. The maximum Gasteiger partial charge on any atom is 0.264 e. The first-order chi connectivity index (χ1) is 13.9. The summed E-state index contributed by atoms with van der Waals surface area (Å²) < 4.78 is 0. The molecule has 0 aromatic carbocycles. The summed E-state index contributed by atoms with van der Waals surface area (Å²) in [6.45, 7) is 7.01. The number of nitrogens with one attached hydrogen (secondary N) is 1. The molecule has 0 radical (unpaired) electrons. The SMILES string of the molecule is Cc1ccc(C(=O)N2CCN(C(C)C(=O)NC34CC5CC(CC(C5)C3)C4)CC2)s1. The van der Waals surface area contributed by atoms with Crippen molar-refractivity contribution >= 4 is 23.2 Å². The molecule has 5 fully saturated rings. The Hall–Kier alpha value is -1.40. The average Bonchev–Trinajstić information content (AvgIpc) is 3.12. The van der Waals surface area contributed by atoms with Crippen molar-refractivity contribution in [2.45, 2.75) is 64.0 Å². The number of carbonyl (C=O) groups is 2. The molecular weight excluding hydrogens is 382 g/mol. The Kier molecular flexibility index (Phi) is 4.98. The molecule has 2 heterocycles. The average molecular weight is 416 g/mol. The number of thiophene rings is 1. The lowest BCUT2D eigenvalue weighted by Gasteiger charge is -2.57. The molecule has 1 unspecified atom stereocenters. The smallest absolute Gasteiger partial charge is 0.264 e. The van der Waals surface area contributed by atoms with Gasteiger partial charge in [-0.05, 0) is 82.3 Å². The van der Waals surface area contributed by atoms with Crippen molar-refractivity contribution in [1.29, 1.82) is 0 Å². The van der Waals surface area contributed by atoms with Crippen molar-refractivity contribution in [2.24, 2.45) is 17.8 Å². The quantitative estimate of drug-likeness (QED) is 0.821. The van der Waals surface area contributed by atoms with Crippen LogP contribution in [0.1, 0.15) is 60.0 Å². The summed E-state index contributed by atoms with van der Waals surface area (Å²) in [7, 11) is 0. The van der Waals surface area contributed by atoms with Crippen molar-refractivity contribution < 1.29 is 9.59 Å². The molecule has 1 saturated heterocycles. The van der Waals surface area contributed by atoms with Crippen LogP contribution in [0, 0.1) is 24.7 Å². The van der Waals surface area contributed by atoms with E-state index in [1.165, 1.54) is 43.4 Å². The van der Waals surface area contributed by atoms with Gasteiger partial charge in [0.15, 0.2) is 0 Å². The van der Waals surface area contributed by atoms with E-state index in [2.05, 4.69) is 10.2 Å². The highest BCUT2D eigenvalue weighted by molar-refractivity contribution is 7.13. The highest BCUT2D eigenvalue weighted by atomic mass is 32.1. The molecule has 5 nitrogen and oxygen atoms in total. The molecule has 1 aromatic heterocycles. The Balaban J connectivity index is 1.16. The summed E-state index contributed by atoms with van der Waals surface area (Å²) in [4.78, 5) is 32.0. The van der Waals surface area contributed by atoms with E-state index in [1.807, 2.05) is 30.9 Å². The molecule has 5 aliphatic rings. The van der Waals surface area contributed by atoms with Crippen LogP contribution in [0.5, 0.6) is 0 Å². The zero-order valence-corrected chi connectivity index (χ0v) is 18.5. The molecule has 2 amide bonds. The van der Waals surface area contributed by atoms with Crippen LogP contribution in [0.3, 0.4) is 0 Å². The zero-order chi connectivity index (χ0) is 20.2. The van der Waals surface area contributed by atoms with Gasteiger partial charge in [-0.3, -0.25) is 14.5 Å². The number of nitrogens with zero attached hydrogens (tertiary/aromatic N) is 2. The molecule has 1 aliphatic heterocycles. The van der Waals surface area contributed by atoms with Crippen molar-refractivity contribution in [3.63, 3.8) is 0 Å². The fourth-order valence-electron chi connectivity index (χ4n) is 6.81. The van der Waals surface area contributed by atoms with Crippen LogP contribution in [0.25, 0.3) is 0 Å². The molecule has 0 spiro atoms. The third kappa shape index (κ3) is 3.74. The number of piperazine rings is 1. The van der Waals surface area contributed by atoms with Crippen LogP contribution >= 0.6 is 11.3 Å². The third-order valence-corrected chi connectivity index (χ3v) is 8.90. The second-order valence-electron chi connectivity index (χ2n) is 10.1. The van der Waals surface area contributed by atoms with Gasteiger partial charge < -0.3 is 10.2 Å². The molecule has 4 saturated carbocycles. The highest BCUT2D eigenvalue weighted by Gasteiger charge is 2.51. The first-order valence-corrected chi connectivity index (χ1v) is 12.1. The summed E-state index contributed by atoms with van der Waals surface area (Å²) in [5.74, 6) is 2.85. The molecule has 1 aromatic rings. The van der Waals surface area contributed by atoms with E-state index in [0.717, 1.165) is 35.7 Å². The molecule has 6 rings (SSSR count). The summed E-state index contributed by atoms with van der Waals surface area (Å²) in [6, 6.07) is 3.81. The van der Waals surface area contributed by atoms with Crippen LogP contribution in [0.4, 0.5) is 0 Å². The van der Waals surface area contributed by atoms with Gasteiger partial charge in [0.05, 0.1) is 10.9 Å². The second-order valence-corrected chi connectivity index (χ2v) is 11.4. The number of carbonyl (C=O) groups excluding carboxylic acids is 2. The molecule has 1 atom stereocenters. The van der Waals surface area contributed by atoms with E-state index < -0.39 is 0 Å². The largest absolute Gasteiger partial charge is 0.349 e. The third-order valence-electron chi connectivity index (χ3n) is 7.91. The highest BCUT2D eigenvalue weighted by Crippen LogP contribution is 2.55. The topological polar surface area (TPSA) is 52.7 Å². The van der Waals surface area contributed by atoms with Gasteiger partial charge in [0.2, 0.25) is 5.91 Å². The van der Waals surface area contributed by atoms with Gasteiger partial charge >= 0.3 is 0 Å². The van der Waals surface area contributed by atoms with Crippen molar-refractivity contribution in [1.82, 2.24) is 15.1 Å². The molecule has 4 bridgehead atoms. The van der Waals surface area contributed by atoms with Gasteiger partial charge in [-0.15, -0.1) is 11.3 Å². The zero-order valence-electron chi connectivity index (χ0n) is 17.7. The Morgan fingerprint density at radius 3 is 2.14 bits per heavy atom. The lowest BCUT2D eigenvalue weighted by atomic mass is 9.53. The monoisotopic (exact) mass is 415 g/mol. The Morgan fingerprint density at radius 2 is 1.62 bits per heavy atom. The lowest BCUT2D eigenvalue weighted by Crippen LogP contribution is -2.63. The molecule has 4 aliphatic carbocycles. The van der Waals surface area contributed by atoms with E-state index in [1.54, 1.807) is 11.3 Å². The molecule has 1 N–H and O–H groups in total. The van der Waals surface area contributed by atoms with E-state index in [0.29, 0.717) is 13.1 Å². The van der Waals surface area contributed by atoms with Crippen LogP contribution in [0.2, 0.25) is 0 Å². The van der Waals surface area contributed by atoms with Gasteiger partial charge in [0.25, 0.3) is 5.91 Å². The van der Waals surface area contributed by atoms with Crippen LogP contribution in [-0.4, -0.2) is 59.4 Å². The van der Waals surface area contributed by atoms with Crippen LogP contribution < -0.4 is 5.32 Å². The van der Waals surface area contributed by atoms with E-state index in [9.17, 15) is 9.59 Å². The number of hydrogen-bond acceptors (Lipinski definition) is 4. The summed E-state index contributed by atoms with van der Waals surface area (Å²) in [6.07, 6.45) is 7.76. The van der Waals surface area contributed by atoms with E-state index in [-0.39, 0.29) is 23.4 Å². The van der Waals surface area contributed by atoms with Crippen molar-refractivity contribution in [3.8, 4) is 0 Å². The summed E-state index contributed by atoms with van der Waals surface area (Å²) >= 11 is 1.56. The Morgan fingerprint density at radius 1 is 1.03 bits per heavy atom. The minimum Gasteiger partial charge on any atom is -0.349 e. The van der Waals surface area contributed by atoms with Gasteiger partial charge in [0.1, 0.15) is 0 Å². The lowest BCUT2D eigenvalue weighted by molar-refractivity contribution is -0.132.